The number of guanidine groups is 1. The number of hydrogen-bond acceptors (Lipinski definition) is 5. The number of hydrogen-bond donors (Lipinski definition) is 2. The summed E-state index contributed by atoms with van der Waals surface area (Å²) in [5, 5.41) is 14.8. The zero-order valence-corrected chi connectivity index (χ0v) is 13.8. The minimum absolute atomic E-state index is 0.485. The smallest absolute Gasteiger partial charge is 0.192 e. The maximum Gasteiger partial charge on any atom is 0.192 e. The Morgan fingerprint density at radius 1 is 1.21 bits per heavy atom. The highest BCUT2D eigenvalue weighted by Gasteiger charge is 2.05. The third-order valence-electron chi connectivity index (χ3n) is 3.38. The van der Waals surface area contributed by atoms with E-state index in [1.165, 1.54) is 0 Å². The monoisotopic (exact) mass is 324 g/mol. The molecule has 0 spiro atoms. The largest absolute Gasteiger partial charge is 0.357 e. The molecule has 124 valence electrons. The molecule has 3 rings (SSSR count). The molecule has 0 aliphatic carbocycles. The predicted molar refractivity (Wildman–Crippen MR) is 91.4 cm³/mol. The summed E-state index contributed by atoms with van der Waals surface area (Å²) in [4.78, 5) is 13.0. The Morgan fingerprint density at radius 2 is 2.12 bits per heavy atom. The van der Waals surface area contributed by atoms with Gasteiger partial charge in [0, 0.05) is 18.9 Å². The van der Waals surface area contributed by atoms with Crippen LogP contribution >= 0.6 is 0 Å². The zero-order valence-electron chi connectivity index (χ0n) is 13.8. The second-order valence-electron chi connectivity index (χ2n) is 5.19. The average Bonchev–Trinajstić information content (AvgIpc) is 3.01. The van der Waals surface area contributed by atoms with Crippen molar-refractivity contribution in [1.29, 1.82) is 0 Å². The van der Waals surface area contributed by atoms with Gasteiger partial charge in [0.05, 0.1) is 18.8 Å². The molecular weight excluding hydrogens is 304 g/mol. The number of nitrogens with one attached hydrogen (secondary N) is 2. The summed E-state index contributed by atoms with van der Waals surface area (Å²) in [6.07, 6.45) is 3.69. The fourth-order valence-corrected chi connectivity index (χ4v) is 2.27. The highest BCUT2D eigenvalue weighted by atomic mass is 15.3. The first-order valence-corrected chi connectivity index (χ1v) is 7.85. The van der Waals surface area contributed by atoms with Gasteiger partial charge in [-0.1, -0.05) is 6.07 Å². The van der Waals surface area contributed by atoms with Crippen LogP contribution in [0.1, 0.15) is 24.3 Å². The van der Waals surface area contributed by atoms with Crippen molar-refractivity contribution in [1.82, 2.24) is 35.2 Å². The molecule has 0 saturated heterocycles. The third-order valence-corrected chi connectivity index (χ3v) is 3.38. The number of fused-ring (bicyclic) bond motifs is 1. The first kappa shape index (κ1) is 15.9. The highest BCUT2D eigenvalue weighted by molar-refractivity contribution is 5.79. The summed E-state index contributed by atoms with van der Waals surface area (Å²) >= 11 is 0. The molecule has 0 aliphatic heterocycles. The Bertz CT molecular complexity index is 839. The van der Waals surface area contributed by atoms with E-state index in [2.05, 4.69) is 35.8 Å². The lowest BCUT2D eigenvalue weighted by atomic mass is 10.4. The van der Waals surface area contributed by atoms with Gasteiger partial charge in [0.1, 0.15) is 5.82 Å². The number of nitrogens with zero attached hydrogens (tertiary/aromatic N) is 6. The Labute approximate surface area is 140 Å². The summed E-state index contributed by atoms with van der Waals surface area (Å²) in [5.74, 6) is 2.28. The first-order chi connectivity index (χ1) is 11.8. The predicted octanol–water partition coefficient (Wildman–Crippen LogP) is 1.08. The van der Waals surface area contributed by atoms with Crippen molar-refractivity contribution >= 4 is 11.6 Å². The molecule has 0 saturated carbocycles. The lowest BCUT2D eigenvalue weighted by Crippen LogP contribution is -2.37. The Hall–Kier alpha value is -3.03. The number of rotatable bonds is 5. The maximum absolute atomic E-state index is 4.55. The fourth-order valence-electron chi connectivity index (χ4n) is 2.27. The van der Waals surface area contributed by atoms with Crippen LogP contribution in [0.25, 0.3) is 5.65 Å². The molecule has 0 atom stereocenters. The lowest BCUT2D eigenvalue weighted by molar-refractivity contribution is 0.762. The van der Waals surface area contributed by atoms with Crippen LogP contribution in [-0.4, -0.2) is 37.1 Å². The molecule has 0 aromatic carbocycles. The summed E-state index contributed by atoms with van der Waals surface area (Å²) in [5.41, 5.74) is 1.71. The van der Waals surface area contributed by atoms with Crippen molar-refractivity contribution in [3.8, 4) is 0 Å². The molecule has 0 radical (unpaired) electrons. The van der Waals surface area contributed by atoms with Gasteiger partial charge in [-0.05, 0) is 32.0 Å². The van der Waals surface area contributed by atoms with Crippen molar-refractivity contribution in [2.24, 2.45) is 4.99 Å². The van der Waals surface area contributed by atoms with Gasteiger partial charge in [-0.3, -0.25) is 4.40 Å². The minimum atomic E-state index is 0.485. The molecule has 0 aliphatic rings. The fraction of sp³-hybridized carbons (Fsp3) is 0.312. The van der Waals surface area contributed by atoms with Gasteiger partial charge in [-0.25, -0.2) is 15.0 Å². The quantitative estimate of drug-likeness (QED) is 0.539. The van der Waals surface area contributed by atoms with Crippen LogP contribution in [0.5, 0.6) is 0 Å². The first-order valence-electron chi connectivity index (χ1n) is 7.85. The van der Waals surface area contributed by atoms with E-state index in [9.17, 15) is 0 Å². The van der Waals surface area contributed by atoms with Crippen molar-refractivity contribution in [3.05, 3.63) is 54.0 Å². The van der Waals surface area contributed by atoms with Crippen molar-refractivity contribution in [3.63, 3.8) is 0 Å². The number of pyridine rings is 1. The topological polar surface area (TPSA) is 92.4 Å². The molecule has 0 bridgehead atoms. The van der Waals surface area contributed by atoms with Gasteiger partial charge in [0.25, 0.3) is 0 Å². The van der Waals surface area contributed by atoms with Crippen LogP contribution < -0.4 is 10.6 Å². The maximum atomic E-state index is 4.55. The van der Waals surface area contributed by atoms with Gasteiger partial charge < -0.3 is 10.6 Å². The summed E-state index contributed by atoms with van der Waals surface area (Å²) in [6, 6.07) is 7.69. The molecule has 3 heterocycles. The van der Waals surface area contributed by atoms with E-state index in [0.717, 1.165) is 29.5 Å². The summed E-state index contributed by atoms with van der Waals surface area (Å²) in [7, 11) is 0. The van der Waals surface area contributed by atoms with E-state index < -0.39 is 0 Å². The van der Waals surface area contributed by atoms with Crippen molar-refractivity contribution in [2.45, 2.75) is 26.9 Å². The molecule has 3 aromatic heterocycles. The Balaban J connectivity index is 1.68. The zero-order chi connectivity index (χ0) is 16.8. The molecule has 0 amide bonds. The van der Waals surface area contributed by atoms with Crippen LogP contribution in [0.15, 0.2) is 41.7 Å². The van der Waals surface area contributed by atoms with E-state index in [1.807, 2.05) is 48.7 Å². The van der Waals surface area contributed by atoms with Gasteiger partial charge in [-0.15, -0.1) is 10.2 Å². The van der Waals surface area contributed by atoms with E-state index in [4.69, 9.17) is 0 Å². The molecule has 2 N–H and O–H groups in total. The van der Waals surface area contributed by atoms with Crippen molar-refractivity contribution in [2.75, 3.05) is 6.54 Å². The standard InChI is InChI=1S/C16H20N8/c1-3-17-16(19-10-13-7-8-18-12(2)21-13)20-11-15-23-22-14-6-4-5-9-24(14)15/h4-9H,3,10-11H2,1-2H3,(H2,17,19,20). The van der Waals surface area contributed by atoms with E-state index in [-0.39, 0.29) is 0 Å². The van der Waals surface area contributed by atoms with Gasteiger partial charge in [0.15, 0.2) is 17.4 Å². The second kappa shape index (κ2) is 7.49. The van der Waals surface area contributed by atoms with E-state index in [1.54, 1.807) is 6.20 Å². The second-order valence-corrected chi connectivity index (χ2v) is 5.19. The van der Waals surface area contributed by atoms with Crippen LogP contribution in [-0.2, 0) is 13.1 Å². The average molecular weight is 324 g/mol. The third kappa shape index (κ3) is 3.83. The van der Waals surface area contributed by atoms with E-state index >= 15 is 0 Å². The number of aryl methyl sites for hydroxylation is 1. The Morgan fingerprint density at radius 3 is 2.96 bits per heavy atom. The SMILES string of the molecule is CCNC(=NCc1ccnc(C)n1)NCc1nnc2ccccn12. The number of aromatic nitrogens is 5. The molecule has 24 heavy (non-hydrogen) atoms. The van der Waals surface area contributed by atoms with Crippen molar-refractivity contribution < 1.29 is 0 Å². The normalized spacial score (nSPS) is 11.7. The number of aliphatic imine (C=N–C) groups is 1. The van der Waals surface area contributed by atoms with Gasteiger partial charge in [-0.2, -0.15) is 0 Å². The van der Waals surface area contributed by atoms with Crippen LogP contribution in [0.4, 0.5) is 0 Å². The Kier molecular flexibility index (Phi) is 4.95. The van der Waals surface area contributed by atoms with Gasteiger partial charge >= 0.3 is 0 Å². The summed E-state index contributed by atoms with van der Waals surface area (Å²) < 4.78 is 1.95. The highest BCUT2D eigenvalue weighted by Crippen LogP contribution is 2.02. The molecule has 0 unspecified atom stereocenters. The molecule has 3 aromatic rings. The van der Waals surface area contributed by atoms with Crippen LogP contribution in [0.2, 0.25) is 0 Å². The molecule has 0 fully saturated rings. The summed E-state index contributed by atoms with van der Waals surface area (Å²) in [6.45, 7) is 5.68. The lowest BCUT2D eigenvalue weighted by Gasteiger charge is -2.10. The van der Waals surface area contributed by atoms with Crippen LogP contribution in [0.3, 0.4) is 0 Å². The molecule has 8 nitrogen and oxygen atoms in total. The van der Waals surface area contributed by atoms with Crippen LogP contribution in [0, 0.1) is 6.92 Å². The van der Waals surface area contributed by atoms with E-state index in [0.29, 0.717) is 19.0 Å². The minimum Gasteiger partial charge on any atom is -0.357 e. The van der Waals surface area contributed by atoms with Gasteiger partial charge in [0.2, 0.25) is 0 Å². The molecule has 8 heteroatoms. The molecular formula is C16H20N8.